The number of nitrogens with zero attached hydrogens (tertiary/aromatic N) is 1. The van der Waals surface area contributed by atoms with Gasteiger partial charge in [0.25, 0.3) is 0 Å². The molecular formula is C10H15N3O. The first-order valence-electron chi connectivity index (χ1n) is 4.77. The maximum absolute atomic E-state index is 9.61. The predicted octanol–water partition coefficient (Wildman–Crippen LogP) is 0.299. The average Bonchev–Trinajstić information content (AvgIpc) is 2.17. The quantitative estimate of drug-likeness (QED) is 0.443. The summed E-state index contributed by atoms with van der Waals surface area (Å²) in [4.78, 5) is 0. The number of nitrogens with two attached hydrogens (primary N) is 2. The fraction of sp³-hybridized carbons (Fsp3) is 0.400. The smallest absolute Gasteiger partial charge is 0.119 e. The first kappa shape index (κ1) is 9.45. The van der Waals surface area contributed by atoms with Crippen LogP contribution >= 0.6 is 0 Å². The number of benzene rings is 1. The fourth-order valence-electron chi connectivity index (χ4n) is 2.02. The highest BCUT2D eigenvalue weighted by molar-refractivity contribution is 5.41. The van der Waals surface area contributed by atoms with E-state index in [9.17, 15) is 5.11 Å². The molecule has 1 aromatic rings. The second-order valence-electron chi connectivity index (χ2n) is 3.76. The van der Waals surface area contributed by atoms with Crippen LogP contribution < -0.4 is 11.7 Å². The lowest BCUT2D eigenvalue weighted by Crippen LogP contribution is -2.48. The van der Waals surface area contributed by atoms with Gasteiger partial charge in [0.05, 0.1) is 0 Å². The second-order valence-corrected chi connectivity index (χ2v) is 3.76. The van der Waals surface area contributed by atoms with E-state index in [0.717, 1.165) is 30.4 Å². The monoisotopic (exact) mass is 193 g/mol. The molecule has 0 aliphatic heterocycles. The van der Waals surface area contributed by atoms with Crippen LogP contribution in [0.1, 0.15) is 17.5 Å². The molecular weight excluding hydrogens is 178 g/mol. The van der Waals surface area contributed by atoms with Crippen LogP contribution in [-0.2, 0) is 12.8 Å². The zero-order valence-corrected chi connectivity index (χ0v) is 7.98. The standard InChI is InChI=1S/C10H15N3O/c11-13(12)8-4-5-9-7(6-8)2-1-3-10(9)14/h1-3,8,14H,4-6,11-12H2. The van der Waals surface area contributed by atoms with Crippen molar-refractivity contribution in [2.24, 2.45) is 11.7 Å². The summed E-state index contributed by atoms with van der Waals surface area (Å²) < 4.78 is 0. The minimum absolute atomic E-state index is 0.185. The first-order valence-corrected chi connectivity index (χ1v) is 4.77. The van der Waals surface area contributed by atoms with Crippen LogP contribution in [0.25, 0.3) is 0 Å². The highest BCUT2D eigenvalue weighted by Gasteiger charge is 2.22. The fourth-order valence-corrected chi connectivity index (χ4v) is 2.02. The molecule has 1 aliphatic carbocycles. The largest absolute Gasteiger partial charge is 0.508 e. The third-order valence-corrected chi connectivity index (χ3v) is 2.85. The van der Waals surface area contributed by atoms with Gasteiger partial charge in [-0.15, -0.1) is 0 Å². The number of phenols is 1. The molecule has 14 heavy (non-hydrogen) atoms. The van der Waals surface area contributed by atoms with Gasteiger partial charge in [0.2, 0.25) is 0 Å². The number of aromatic hydroxyl groups is 1. The van der Waals surface area contributed by atoms with E-state index in [2.05, 4.69) is 0 Å². The van der Waals surface area contributed by atoms with E-state index >= 15 is 0 Å². The molecule has 2 rings (SSSR count). The number of hydrogen-bond acceptors (Lipinski definition) is 4. The molecule has 1 unspecified atom stereocenters. The molecule has 0 saturated carbocycles. The molecule has 4 heteroatoms. The van der Waals surface area contributed by atoms with E-state index in [1.165, 1.54) is 5.12 Å². The van der Waals surface area contributed by atoms with Crippen molar-refractivity contribution in [3.8, 4) is 5.75 Å². The zero-order valence-electron chi connectivity index (χ0n) is 7.98. The van der Waals surface area contributed by atoms with Crippen molar-refractivity contribution < 1.29 is 5.11 Å². The molecule has 5 N–H and O–H groups in total. The molecule has 1 atom stereocenters. The number of phenolic OH excluding ortho intramolecular Hbond substituents is 1. The SMILES string of the molecule is NN(N)C1CCc2c(O)cccc2C1. The van der Waals surface area contributed by atoms with Crippen LogP contribution in [0.15, 0.2) is 18.2 Å². The van der Waals surface area contributed by atoms with Crippen LogP contribution in [-0.4, -0.2) is 16.3 Å². The van der Waals surface area contributed by atoms with Gasteiger partial charge in [-0.2, -0.15) is 5.12 Å². The van der Waals surface area contributed by atoms with Gasteiger partial charge < -0.3 is 5.11 Å². The summed E-state index contributed by atoms with van der Waals surface area (Å²) in [6.45, 7) is 0. The Hall–Kier alpha value is -1.10. The highest BCUT2D eigenvalue weighted by Crippen LogP contribution is 2.29. The van der Waals surface area contributed by atoms with Crippen LogP contribution in [0.2, 0.25) is 0 Å². The Morgan fingerprint density at radius 3 is 2.86 bits per heavy atom. The predicted molar refractivity (Wildman–Crippen MR) is 54.1 cm³/mol. The highest BCUT2D eigenvalue weighted by atomic mass is 16.3. The maximum atomic E-state index is 9.61. The molecule has 0 saturated heterocycles. The van der Waals surface area contributed by atoms with E-state index in [4.69, 9.17) is 11.7 Å². The van der Waals surface area contributed by atoms with Crippen LogP contribution in [0.4, 0.5) is 0 Å². The Morgan fingerprint density at radius 1 is 1.36 bits per heavy atom. The lowest BCUT2D eigenvalue weighted by atomic mass is 9.88. The molecule has 0 fully saturated rings. The molecule has 0 spiro atoms. The van der Waals surface area contributed by atoms with Crippen LogP contribution in [0.3, 0.4) is 0 Å². The summed E-state index contributed by atoms with van der Waals surface area (Å²) in [6.07, 6.45) is 2.56. The Balaban J connectivity index is 2.27. The van der Waals surface area contributed by atoms with Crippen LogP contribution in [0.5, 0.6) is 5.75 Å². The second kappa shape index (κ2) is 3.57. The Labute approximate surface area is 83.1 Å². The van der Waals surface area contributed by atoms with Crippen molar-refractivity contribution >= 4 is 0 Å². The molecule has 4 nitrogen and oxygen atoms in total. The van der Waals surface area contributed by atoms with Gasteiger partial charge >= 0.3 is 0 Å². The molecule has 0 radical (unpaired) electrons. The molecule has 76 valence electrons. The lowest BCUT2D eigenvalue weighted by molar-refractivity contribution is 0.186. The third-order valence-electron chi connectivity index (χ3n) is 2.85. The van der Waals surface area contributed by atoms with Gasteiger partial charge in [-0.3, -0.25) is 11.7 Å². The Bertz CT molecular complexity index is 338. The van der Waals surface area contributed by atoms with Crippen molar-refractivity contribution in [2.45, 2.75) is 25.3 Å². The first-order chi connectivity index (χ1) is 6.68. The van der Waals surface area contributed by atoms with E-state index in [-0.39, 0.29) is 6.04 Å². The van der Waals surface area contributed by atoms with Gasteiger partial charge in [-0.25, -0.2) is 0 Å². The van der Waals surface area contributed by atoms with Gasteiger partial charge in [0.15, 0.2) is 0 Å². The molecule has 1 aromatic carbocycles. The third kappa shape index (κ3) is 1.59. The van der Waals surface area contributed by atoms with Gasteiger partial charge in [0, 0.05) is 6.04 Å². The molecule has 0 amide bonds. The van der Waals surface area contributed by atoms with E-state index in [1.54, 1.807) is 6.07 Å². The summed E-state index contributed by atoms with van der Waals surface area (Å²) in [5, 5.41) is 10.9. The normalized spacial score (nSPS) is 20.9. The Morgan fingerprint density at radius 2 is 2.14 bits per heavy atom. The number of rotatable bonds is 1. The van der Waals surface area contributed by atoms with E-state index in [1.807, 2.05) is 12.1 Å². The molecule has 0 bridgehead atoms. The van der Waals surface area contributed by atoms with Crippen molar-refractivity contribution in [3.05, 3.63) is 29.3 Å². The van der Waals surface area contributed by atoms with Crippen molar-refractivity contribution in [2.75, 3.05) is 0 Å². The van der Waals surface area contributed by atoms with Gasteiger partial charge in [0.1, 0.15) is 5.75 Å². The number of hydrogen-bond donors (Lipinski definition) is 3. The number of hydrazine groups is 2. The summed E-state index contributed by atoms with van der Waals surface area (Å²) in [6, 6.07) is 5.78. The average molecular weight is 193 g/mol. The van der Waals surface area contributed by atoms with Crippen molar-refractivity contribution in [1.29, 1.82) is 0 Å². The summed E-state index contributed by atoms with van der Waals surface area (Å²) >= 11 is 0. The minimum Gasteiger partial charge on any atom is -0.508 e. The van der Waals surface area contributed by atoms with E-state index in [0.29, 0.717) is 5.75 Å². The minimum atomic E-state index is 0.185. The molecule has 0 heterocycles. The van der Waals surface area contributed by atoms with Crippen molar-refractivity contribution in [3.63, 3.8) is 0 Å². The lowest BCUT2D eigenvalue weighted by Gasteiger charge is -2.28. The van der Waals surface area contributed by atoms with E-state index < -0.39 is 0 Å². The summed E-state index contributed by atoms with van der Waals surface area (Å²) in [5.74, 6) is 11.4. The van der Waals surface area contributed by atoms with Crippen molar-refractivity contribution in [1.82, 2.24) is 5.12 Å². The molecule has 0 aromatic heterocycles. The number of fused-ring (bicyclic) bond motifs is 1. The van der Waals surface area contributed by atoms with Crippen LogP contribution in [0, 0.1) is 0 Å². The van der Waals surface area contributed by atoms with Gasteiger partial charge in [-0.05, 0) is 36.5 Å². The molecule has 1 aliphatic rings. The summed E-state index contributed by atoms with van der Waals surface area (Å²) in [5.41, 5.74) is 2.20. The Kier molecular flexibility index (Phi) is 2.41. The topological polar surface area (TPSA) is 75.5 Å². The maximum Gasteiger partial charge on any atom is 0.119 e. The zero-order chi connectivity index (χ0) is 10.1. The summed E-state index contributed by atoms with van der Waals surface area (Å²) in [7, 11) is 0. The van der Waals surface area contributed by atoms with Gasteiger partial charge in [-0.1, -0.05) is 12.1 Å².